The fourth-order valence-corrected chi connectivity index (χ4v) is 4.18. The maximum atomic E-state index is 12.9. The number of sulfone groups is 1. The third-order valence-electron chi connectivity index (χ3n) is 4.07. The molecule has 0 saturated heterocycles. The minimum atomic E-state index is -5.48. The van der Waals surface area contributed by atoms with E-state index in [9.17, 15) is 26.4 Å². The van der Waals surface area contributed by atoms with Gasteiger partial charge in [0.25, 0.3) is 15.7 Å². The predicted molar refractivity (Wildman–Crippen MR) is 109 cm³/mol. The Morgan fingerprint density at radius 1 is 1.10 bits per heavy atom. The van der Waals surface area contributed by atoms with Crippen molar-refractivity contribution in [3.8, 4) is 11.3 Å². The van der Waals surface area contributed by atoms with Gasteiger partial charge in [0.1, 0.15) is 0 Å². The van der Waals surface area contributed by atoms with Crippen LogP contribution in [-0.2, 0) is 9.84 Å². The summed E-state index contributed by atoms with van der Waals surface area (Å²) in [4.78, 5) is 17.8. The molecule has 0 fully saturated rings. The first-order valence-corrected chi connectivity index (χ1v) is 10.9. The van der Waals surface area contributed by atoms with Crippen molar-refractivity contribution < 1.29 is 26.4 Å². The summed E-state index contributed by atoms with van der Waals surface area (Å²) in [5, 5.41) is 2.17. The monoisotopic (exact) mass is 452 g/mol. The summed E-state index contributed by atoms with van der Waals surface area (Å²) < 4.78 is 61.0. The van der Waals surface area contributed by atoms with Crippen LogP contribution < -0.4 is 4.90 Å². The van der Waals surface area contributed by atoms with Gasteiger partial charge in [0.15, 0.2) is 5.13 Å². The predicted octanol–water partition coefficient (Wildman–Crippen LogP) is 4.94. The molecule has 0 atom stereocenters. The Balaban J connectivity index is 1.90. The Morgan fingerprint density at radius 3 is 2.30 bits per heavy atom. The number of carbonyl (C=O) groups is 1. The second-order valence-corrected chi connectivity index (χ2v) is 8.84. The third-order valence-corrected chi connectivity index (χ3v) is 6.43. The molecule has 0 aliphatic heterocycles. The smallest absolute Gasteiger partial charge is 0.280 e. The van der Waals surface area contributed by atoms with Crippen LogP contribution in [0.25, 0.3) is 11.3 Å². The van der Waals surface area contributed by atoms with Crippen LogP contribution in [0.3, 0.4) is 0 Å². The number of benzene rings is 2. The van der Waals surface area contributed by atoms with E-state index >= 15 is 0 Å². The zero-order valence-electron chi connectivity index (χ0n) is 15.3. The molecular formula is C20H15F3N2O3S2. The number of aromatic nitrogens is 1. The molecule has 3 aromatic rings. The van der Waals surface area contributed by atoms with Crippen molar-refractivity contribution in [1.82, 2.24) is 4.98 Å². The van der Waals surface area contributed by atoms with Crippen molar-refractivity contribution in [3.05, 3.63) is 78.2 Å². The van der Waals surface area contributed by atoms with Crippen molar-refractivity contribution in [2.24, 2.45) is 0 Å². The van der Waals surface area contributed by atoms with Gasteiger partial charge in [0.05, 0.1) is 10.6 Å². The average molecular weight is 452 g/mol. The van der Waals surface area contributed by atoms with E-state index in [4.69, 9.17) is 0 Å². The Bertz CT molecular complexity index is 1160. The van der Waals surface area contributed by atoms with E-state index in [1.54, 1.807) is 5.38 Å². The molecule has 2 aromatic carbocycles. The molecule has 0 unspecified atom stereocenters. The molecule has 3 rings (SSSR count). The highest BCUT2D eigenvalue weighted by atomic mass is 32.2. The number of amides is 1. The molecule has 0 aliphatic rings. The van der Waals surface area contributed by atoms with Crippen LogP contribution >= 0.6 is 11.3 Å². The summed E-state index contributed by atoms with van der Waals surface area (Å²) in [7, 11) is -5.48. The highest BCUT2D eigenvalue weighted by Crippen LogP contribution is 2.31. The molecule has 156 valence electrons. The van der Waals surface area contributed by atoms with Crippen LogP contribution in [0.15, 0.2) is 77.5 Å². The zero-order valence-corrected chi connectivity index (χ0v) is 17.0. The average Bonchev–Trinajstić information content (AvgIpc) is 3.21. The molecule has 1 heterocycles. The molecule has 0 saturated carbocycles. The van der Waals surface area contributed by atoms with Crippen molar-refractivity contribution in [2.45, 2.75) is 10.4 Å². The molecule has 0 radical (unpaired) electrons. The highest BCUT2D eigenvalue weighted by Gasteiger charge is 2.46. The van der Waals surface area contributed by atoms with Gasteiger partial charge in [-0.25, -0.2) is 13.4 Å². The summed E-state index contributed by atoms with van der Waals surface area (Å²) in [6.07, 6.45) is 1.49. The van der Waals surface area contributed by atoms with Gasteiger partial charge in [-0.3, -0.25) is 9.69 Å². The van der Waals surface area contributed by atoms with Crippen molar-refractivity contribution in [1.29, 1.82) is 0 Å². The minimum Gasteiger partial charge on any atom is -0.280 e. The number of thiazole rings is 1. The first-order chi connectivity index (χ1) is 14.1. The first-order valence-electron chi connectivity index (χ1n) is 8.50. The first kappa shape index (κ1) is 21.7. The molecule has 30 heavy (non-hydrogen) atoms. The van der Waals surface area contributed by atoms with E-state index in [0.717, 1.165) is 29.8 Å². The topological polar surface area (TPSA) is 67.3 Å². The lowest BCUT2D eigenvalue weighted by Gasteiger charge is -2.18. The number of anilines is 1. The van der Waals surface area contributed by atoms with E-state index in [1.165, 1.54) is 22.3 Å². The lowest BCUT2D eigenvalue weighted by atomic mass is 10.2. The SMILES string of the molecule is C=CCN(C(=O)c1ccc(S(=O)(=O)C(F)(F)F)cc1)c1nc(-c2ccccc2)cs1. The Labute approximate surface area is 175 Å². The molecule has 1 amide bonds. The van der Waals surface area contributed by atoms with Gasteiger partial charge < -0.3 is 0 Å². The number of halogens is 3. The second-order valence-electron chi connectivity index (χ2n) is 6.06. The molecule has 0 bridgehead atoms. The van der Waals surface area contributed by atoms with E-state index in [0.29, 0.717) is 10.8 Å². The highest BCUT2D eigenvalue weighted by molar-refractivity contribution is 7.92. The number of hydrogen-bond donors (Lipinski definition) is 0. The molecule has 5 nitrogen and oxygen atoms in total. The number of carbonyl (C=O) groups excluding carboxylic acids is 1. The standard InChI is InChI=1S/C20H15F3N2O3S2/c1-2-12-25(19-24-17(13-29-19)14-6-4-3-5-7-14)18(26)15-8-10-16(11-9-15)30(27,28)20(21,22)23/h2-11,13H,1,12H2. The third kappa shape index (κ3) is 4.29. The maximum Gasteiger partial charge on any atom is 0.501 e. The Kier molecular flexibility index (Phi) is 6.09. The lowest BCUT2D eigenvalue weighted by molar-refractivity contribution is -0.0436. The van der Waals surface area contributed by atoms with Crippen LogP contribution in [0.2, 0.25) is 0 Å². The lowest BCUT2D eigenvalue weighted by Crippen LogP contribution is -2.31. The molecule has 0 spiro atoms. The largest absolute Gasteiger partial charge is 0.501 e. The van der Waals surface area contributed by atoms with Gasteiger partial charge in [-0.1, -0.05) is 36.4 Å². The fraction of sp³-hybridized carbons (Fsp3) is 0.100. The quantitative estimate of drug-likeness (QED) is 0.497. The Hall–Kier alpha value is -2.98. The van der Waals surface area contributed by atoms with Crippen LogP contribution in [0.4, 0.5) is 18.3 Å². The van der Waals surface area contributed by atoms with Gasteiger partial charge in [-0.2, -0.15) is 13.2 Å². The summed E-state index contributed by atoms with van der Waals surface area (Å²) >= 11 is 1.23. The van der Waals surface area contributed by atoms with Gasteiger partial charge in [-0.05, 0) is 24.3 Å². The summed E-state index contributed by atoms with van der Waals surface area (Å²) in [5.74, 6) is -0.542. The molecule has 10 heteroatoms. The zero-order chi connectivity index (χ0) is 21.9. The molecular weight excluding hydrogens is 437 g/mol. The van der Waals surface area contributed by atoms with E-state index in [2.05, 4.69) is 11.6 Å². The normalized spacial score (nSPS) is 11.8. The second kappa shape index (κ2) is 8.41. The van der Waals surface area contributed by atoms with Gasteiger partial charge in [0, 0.05) is 23.1 Å². The van der Waals surface area contributed by atoms with Gasteiger partial charge >= 0.3 is 5.51 Å². The van der Waals surface area contributed by atoms with Crippen LogP contribution in [-0.4, -0.2) is 31.4 Å². The van der Waals surface area contributed by atoms with Crippen molar-refractivity contribution in [3.63, 3.8) is 0 Å². The summed E-state index contributed by atoms with van der Waals surface area (Å²) in [6, 6.07) is 12.9. The molecule has 0 N–H and O–H groups in total. The Morgan fingerprint density at radius 2 is 1.73 bits per heavy atom. The van der Waals surface area contributed by atoms with E-state index in [1.807, 2.05) is 30.3 Å². The van der Waals surface area contributed by atoms with Crippen molar-refractivity contribution in [2.75, 3.05) is 11.4 Å². The molecule has 0 aliphatic carbocycles. The van der Waals surface area contributed by atoms with Crippen LogP contribution in [0, 0.1) is 0 Å². The fourth-order valence-electron chi connectivity index (χ4n) is 2.57. The summed E-state index contributed by atoms with van der Waals surface area (Å²) in [5.41, 5.74) is -3.85. The van der Waals surface area contributed by atoms with E-state index in [-0.39, 0.29) is 12.1 Å². The number of alkyl halides is 3. The number of hydrogen-bond acceptors (Lipinski definition) is 5. The number of nitrogens with zero attached hydrogens (tertiary/aromatic N) is 2. The van der Waals surface area contributed by atoms with Gasteiger partial charge in [0.2, 0.25) is 0 Å². The van der Waals surface area contributed by atoms with Crippen LogP contribution in [0.1, 0.15) is 10.4 Å². The minimum absolute atomic E-state index is 0.0226. The van der Waals surface area contributed by atoms with Crippen molar-refractivity contribution >= 4 is 32.2 Å². The van der Waals surface area contributed by atoms with Gasteiger partial charge in [-0.15, -0.1) is 17.9 Å². The molecule has 1 aromatic heterocycles. The summed E-state index contributed by atoms with van der Waals surface area (Å²) in [6.45, 7) is 3.73. The number of rotatable bonds is 6. The van der Waals surface area contributed by atoms with E-state index < -0.39 is 26.1 Å². The maximum absolute atomic E-state index is 12.9. The van der Waals surface area contributed by atoms with Crippen LogP contribution in [0.5, 0.6) is 0 Å².